The average molecular weight is 417 g/mol. The van der Waals surface area contributed by atoms with Crippen LogP contribution in [0.3, 0.4) is 0 Å². The zero-order valence-electron chi connectivity index (χ0n) is 15.4. The van der Waals surface area contributed by atoms with Crippen LogP contribution in [0.1, 0.15) is 42.7 Å². The number of hydrogen-bond donors (Lipinski definition) is 2. The zero-order chi connectivity index (χ0) is 19.5. The summed E-state index contributed by atoms with van der Waals surface area (Å²) in [6, 6.07) is 13.4. The molecule has 2 aliphatic heterocycles. The molecular weight excluding hydrogens is 395 g/mol. The summed E-state index contributed by atoms with van der Waals surface area (Å²) in [6.45, 7) is 0.677. The van der Waals surface area contributed by atoms with Gasteiger partial charge in [-0.2, -0.15) is 0 Å². The predicted molar refractivity (Wildman–Crippen MR) is 111 cm³/mol. The Balaban J connectivity index is 1.72. The second-order valence-electron chi connectivity index (χ2n) is 8.16. The van der Waals surface area contributed by atoms with Gasteiger partial charge in [-0.25, -0.2) is 0 Å². The van der Waals surface area contributed by atoms with Gasteiger partial charge in [0.2, 0.25) is 5.91 Å². The van der Waals surface area contributed by atoms with Crippen LogP contribution in [0.15, 0.2) is 42.5 Å². The summed E-state index contributed by atoms with van der Waals surface area (Å²) in [6.07, 6.45) is 2.51. The Morgan fingerprint density at radius 1 is 1.11 bits per heavy atom. The molecule has 4 nitrogen and oxygen atoms in total. The molecule has 146 valence electrons. The van der Waals surface area contributed by atoms with Crippen LogP contribution < -0.4 is 5.32 Å². The molecule has 2 heterocycles. The van der Waals surface area contributed by atoms with Crippen molar-refractivity contribution < 1.29 is 9.90 Å². The summed E-state index contributed by atoms with van der Waals surface area (Å²) in [5, 5.41) is 15.8. The van der Waals surface area contributed by atoms with E-state index in [0.717, 1.165) is 29.7 Å². The van der Waals surface area contributed by atoms with Crippen LogP contribution in [-0.4, -0.2) is 28.7 Å². The molecule has 5 rings (SSSR count). The average Bonchev–Trinajstić information content (AvgIpc) is 3.43. The van der Waals surface area contributed by atoms with Gasteiger partial charge >= 0.3 is 0 Å². The van der Waals surface area contributed by atoms with Crippen LogP contribution in [0.2, 0.25) is 10.0 Å². The maximum Gasteiger partial charge on any atom is 0.223 e. The van der Waals surface area contributed by atoms with E-state index in [9.17, 15) is 9.90 Å². The lowest BCUT2D eigenvalue weighted by Gasteiger charge is -2.52. The molecule has 0 bridgehead atoms. The quantitative estimate of drug-likeness (QED) is 0.758. The van der Waals surface area contributed by atoms with Gasteiger partial charge in [-0.15, -0.1) is 0 Å². The first-order chi connectivity index (χ1) is 13.5. The molecule has 0 aromatic heterocycles. The van der Waals surface area contributed by atoms with Crippen LogP contribution >= 0.6 is 23.2 Å². The molecule has 3 atom stereocenters. The first kappa shape index (κ1) is 18.3. The molecular formula is C22H22Cl2N2O2. The van der Waals surface area contributed by atoms with Crippen molar-refractivity contribution in [1.29, 1.82) is 0 Å². The minimum Gasteiger partial charge on any atom is -0.371 e. The number of amides is 1. The third kappa shape index (κ3) is 2.73. The smallest absolute Gasteiger partial charge is 0.223 e. The lowest BCUT2D eigenvalue weighted by molar-refractivity contribution is -0.152. The van der Waals surface area contributed by atoms with Crippen molar-refractivity contribution in [2.24, 2.45) is 5.92 Å². The molecule has 2 aromatic rings. The standard InChI is InChI=1S/C22H22Cl2N2O2/c23-15-3-1-2-14(10-15)17-8-9-20(27)26(12-13-4-5-13)22(17)18-7-6-16(24)11-19(18)25-21(22)28/h1-3,6-7,10-11,13,17,21,25,28H,4-5,8-9,12H2. The molecule has 1 saturated heterocycles. The van der Waals surface area contributed by atoms with Gasteiger partial charge < -0.3 is 15.3 Å². The fraction of sp³-hybridized carbons (Fsp3) is 0.409. The van der Waals surface area contributed by atoms with E-state index in [-0.39, 0.29) is 11.8 Å². The van der Waals surface area contributed by atoms with Gasteiger partial charge in [0.15, 0.2) is 6.23 Å². The first-order valence-electron chi connectivity index (χ1n) is 9.80. The highest BCUT2D eigenvalue weighted by atomic mass is 35.5. The Labute approximate surface area is 174 Å². The van der Waals surface area contributed by atoms with E-state index in [1.54, 1.807) is 0 Å². The summed E-state index contributed by atoms with van der Waals surface area (Å²) in [4.78, 5) is 15.1. The molecule has 3 aliphatic rings. The van der Waals surface area contributed by atoms with Crippen LogP contribution in [0.25, 0.3) is 0 Å². The lowest BCUT2D eigenvalue weighted by Crippen LogP contribution is -2.62. The Morgan fingerprint density at radius 3 is 2.64 bits per heavy atom. The maximum absolute atomic E-state index is 13.1. The zero-order valence-corrected chi connectivity index (χ0v) is 16.9. The lowest BCUT2D eigenvalue weighted by atomic mass is 9.68. The second-order valence-corrected chi connectivity index (χ2v) is 9.03. The summed E-state index contributed by atoms with van der Waals surface area (Å²) in [5.74, 6) is 0.559. The molecule has 28 heavy (non-hydrogen) atoms. The number of piperidine rings is 1. The minimum atomic E-state index is -0.909. The predicted octanol–water partition coefficient (Wildman–Crippen LogP) is 4.75. The molecule has 3 unspecified atom stereocenters. The summed E-state index contributed by atoms with van der Waals surface area (Å²) < 4.78 is 0. The molecule has 2 fully saturated rings. The number of likely N-dealkylation sites (tertiary alicyclic amines) is 1. The van der Waals surface area contributed by atoms with Gasteiger partial charge in [0.25, 0.3) is 0 Å². The van der Waals surface area contributed by atoms with Gasteiger partial charge in [-0.1, -0.05) is 41.4 Å². The number of nitrogens with zero attached hydrogens (tertiary/aromatic N) is 1. The van der Waals surface area contributed by atoms with Crippen molar-refractivity contribution in [3.8, 4) is 0 Å². The van der Waals surface area contributed by atoms with Crippen molar-refractivity contribution in [3.05, 3.63) is 63.6 Å². The fourth-order valence-electron chi connectivity index (χ4n) is 5.03. The highest BCUT2D eigenvalue weighted by molar-refractivity contribution is 6.31. The van der Waals surface area contributed by atoms with Crippen molar-refractivity contribution in [2.45, 2.75) is 43.4 Å². The molecule has 1 amide bonds. The molecule has 1 saturated carbocycles. The van der Waals surface area contributed by atoms with E-state index in [1.165, 1.54) is 0 Å². The van der Waals surface area contributed by atoms with Crippen LogP contribution in [-0.2, 0) is 10.3 Å². The van der Waals surface area contributed by atoms with E-state index in [0.29, 0.717) is 35.3 Å². The van der Waals surface area contributed by atoms with E-state index >= 15 is 0 Å². The maximum atomic E-state index is 13.1. The molecule has 6 heteroatoms. The fourth-order valence-corrected chi connectivity index (χ4v) is 5.40. The Morgan fingerprint density at radius 2 is 1.89 bits per heavy atom. The number of fused-ring (bicyclic) bond motifs is 2. The molecule has 1 aliphatic carbocycles. The number of aliphatic hydroxyl groups excluding tert-OH is 1. The molecule has 1 spiro atoms. The summed E-state index contributed by atoms with van der Waals surface area (Å²) in [7, 11) is 0. The normalized spacial score (nSPS) is 29.1. The van der Waals surface area contributed by atoms with Crippen molar-refractivity contribution in [1.82, 2.24) is 4.90 Å². The van der Waals surface area contributed by atoms with E-state index in [4.69, 9.17) is 23.2 Å². The third-order valence-corrected chi connectivity index (χ3v) is 6.91. The van der Waals surface area contributed by atoms with E-state index in [1.807, 2.05) is 47.4 Å². The number of carbonyl (C=O) groups is 1. The summed E-state index contributed by atoms with van der Waals surface area (Å²) in [5.41, 5.74) is 1.91. The summed E-state index contributed by atoms with van der Waals surface area (Å²) >= 11 is 12.5. The second kappa shape index (κ2) is 6.65. The van der Waals surface area contributed by atoms with Crippen molar-refractivity contribution >= 4 is 34.8 Å². The number of hydrogen-bond acceptors (Lipinski definition) is 3. The SMILES string of the molecule is O=C1CCC(c2cccc(Cl)c2)C2(c3ccc(Cl)cc3NC2O)N1CC1CC1. The molecule has 2 N–H and O–H groups in total. The van der Waals surface area contributed by atoms with Gasteiger partial charge in [0.1, 0.15) is 5.54 Å². The van der Waals surface area contributed by atoms with Crippen molar-refractivity contribution in [3.63, 3.8) is 0 Å². The monoisotopic (exact) mass is 416 g/mol. The molecule has 0 radical (unpaired) electrons. The highest BCUT2D eigenvalue weighted by Crippen LogP contribution is 2.56. The number of nitrogens with one attached hydrogen (secondary N) is 1. The minimum absolute atomic E-state index is 0.0624. The van der Waals surface area contributed by atoms with Gasteiger partial charge in [-0.05, 0) is 55.0 Å². The van der Waals surface area contributed by atoms with Crippen molar-refractivity contribution in [2.75, 3.05) is 11.9 Å². The van der Waals surface area contributed by atoms with Gasteiger partial charge in [-0.3, -0.25) is 4.79 Å². The number of halogens is 2. The number of anilines is 1. The number of rotatable bonds is 3. The highest BCUT2D eigenvalue weighted by Gasteiger charge is 2.60. The van der Waals surface area contributed by atoms with Crippen LogP contribution in [0.4, 0.5) is 5.69 Å². The number of aliphatic hydroxyl groups is 1. The first-order valence-corrected chi connectivity index (χ1v) is 10.6. The Hall–Kier alpha value is -1.75. The number of benzene rings is 2. The Bertz CT molecular complexity index is 946. The topological polar surface area (TPSA) is 52.6 Å². The van der Waals surface area contributed by atoms with Gasteiger partial charge in [0, 0.05) is 40.2 Å². The third-order valence-electron chi connectivity index (χ3n) is 6.44. The molecule has 2 aromatic carbocycles. The van der Waals surface area contributed by atoms with Crippen LogP contribution in [0.5, 0.6) is 0 Å². The Kier molecular flexibility index (Phi) is 4.34. The van der Waals surface area contributed by atoms with E-state index < -0.39 is 11.8 Å². The van der Waals surface area contributed by atoms with E-state index in [2.05, 4.69) is 5.32 Å². The van der Waals surface area contributed by atoms with Gasteiger partial charge in [0.05, 0.1) is 0 Å². The van der Waals surface area contributed by atoms with Crippen LogP contribution in [0, 0.1) is 5.92 Å². The largest absolute Gasteiger partial charge is 0.371 e. The number of carbonyl (C=O) groups excluding carboxylic acids is 1.